The summed E-state index contributed by atoms with van der Waals surface area (Å²) >= 11 is 1.40. The molecular formula is C18H18N2O2S. The van der Waals surface area contributed by atoms with Gasteiger partial charge in [0.05, 0.1) is 11.1 Å². The predicted molar refractivity (Wildman–Crippen MR) is 90.3 cm³/mol. The van der Waals surface area contributed by atoms with E-state index in [-0.39, 0.29) is 18.4 Å². The minimum absolute atomic E-state index is 0.0121. The number of aliphatic hydroxyl groups excluding tert-OH is 1. The van der Waals surface area contributed by atoms with Gasteiger partial charge in [0.25, 0.3) is 5.91 Å². The van der Waals surface area contributed by atoms with Crippen LogP contribution in [0.4, 0.5) is 0 Å². The Balaban J connectivity index is 2.21. The minimum atomic E-state index is -0.178. The van der Waals surface area contributed by atoms with Crippen LogP contribution >= 0.6 is 11.8 Å². The Morgan fingerprint density at radius 2 is 1.87 bits per heavy atom. The second-order valence-corrected chi connectivity index (χ2v) is 6.29. The first-order valence-electron chi connectivity index (χ1n) is 7.30. The van der Waals surface area contributed by atoms with E-state index in [9.17, 15) is 10.1 Å². The zero-order chi connectivity index (χ0) is 16.7. The van der Waals surface area contributed by atoms with Gasteiger partial charge in [0.2, 0.25) is 0 Å². The maximum Gasteiger partial charge on any atom is 0.252 e. The molecule has 4 nitrogen and oxygen atoms in total. The van der Waals surface area contributed by atoms with Crippen molar-refractivity contribution in [2.45, 2.75) is 16.7 Å². The molecule has 0 radical (unpaired) electrons. The van der Waals surface area contributed by atoms with Crippen LogP contribution in [0.3, 0.4) is 0 Å². The Morgan fingerprint density at radius 3 is 2.57 bits per heavy atom. The highest BCUT2D eigenvalue weighted by Crippen LogP contribution is 2.32. The molecule has 1 atom stereocenters. The molecule has 2 rings (SSSR count). The van der Waals surface area contributed by atoms with Crippen LogP contribution in [-0.2, 0) is 0 Å². The minimum Gasteiger partial charge on any atom is -0.396 e. The van der Waals surface area contributed by atoms with Gasteiger partial charge in [-0.05, 0) is 30.2 Å². The fourth-order valence-electron chi connectivity index (χ4n) is 1.94. The predicted octanol–water partition coefficient (Wildman–Crippen LogP) is 3.07. The van der Waals surface area contributed by atoms with Crippen molar-refractivity contribution in [3.8, 4) is 6.07 Å². The van der Waals surface area contributed by atoms with Gasteiger partial charge in [-0.25, -0.2) is 0 Å². The molecule has 0 bridgehead atoms. The van der Waals surface area contributed by atoms with E-state index in [2.05, 4.69) is 11.4 Å². The second-order valence-electron chi connectivity index (χ2n) is 5.20. The molecule has 5 heteroatoms. The van der Waals surface area contributed by atoms with Crippen LogP contribution in [0.5, 0.6) is 0 Å². The van der Waals surface area contributed by atoms with Gasteiger partial charge in [-0.2, -0.15) is 5.26 Å². The number of carbonyl (C=O) groups is 1. The Bertz CT molecular complexity index is 725. The third kappa shape index (κ3) is 4.59. The monoisotopic (exact) mass is 326 g/mol. The molecule has 0 aromatic heterocycles. The third-order valence-electron chi connectivity index (χ3n) is 3.28. The number of carbonyl (C=O) groups excluding carboxylic acids is 1. The molecule has 0 aliphatic rings. The van der Waals surface area contributed by atoms with Crippen LogP contribution < -0.4 is 5.32 Å². The van der Waals surface area contributed by atoms with Crippen molar-refractivity contribution in [3.63, 3.8) is 0 Å². The number of benzene rings is 2. The summed E-state index contributed by atoms with van der Waals surface area (Å²) in [5, 5.41) is 21.0. The van der Waals surface area contributed by atoms with E-state index in [0.717, 1.165) is 9.79 Å². The van der Waals surface area contributed by atoms with Gasteiger partial charge in [-0.1, -0.05) is 43.0 Å². The molecule has 2 N–H and O–H groups in total. The van der Waals surface area contributed by atoms with E-state index in [4.69, 9.17) is 5.11 Å². The van der Waals surface area contributed by atoms with Gasteiger partial charge >= 0.3 is 0 Å². The Hall–Kier alpha value is -2.29. The number of nitrogens with one attached hydrogen (secondary N) is 1. The first-order chi connectivity index (χ1) is 11.2. The SMILES string of the molecule is CC(CO)CNC(=O)c1ccccc1Sc1ccccc1C#N. The molecular weight excluding hydrogens is 308 g/mol. The molecule has 2 aromatic rings. The lowest BCUT2D eigenvalue weighted by Crippen LogP contribution is -2.29. The zero-order valence-electron chi connectivity index (χ0n) is 12.8. The summed E-state index contributed by atoms with van der Waals surface area (Å²) in [7, 11) is 0. The normalized spacial score (nSPS) is 11.5. The maximum atomic E-state index is 12.4. The van der Waals surface area contributed by atoms with E-state index >= 15 is 0 Å². The van der Waals surface area contributed by atoms with Crippen molar-refractivity contribution in [2.24, 2.45) is 5.92 Å². The number of amides is 1. The lowest BCUT2D eigenvalue weighted by Gasteiger charge is -2.12. The molecule has 0 saturated carbocycles. The Labute approximate surface area is 140 Å². The fourth-order valence-corrected chi connectivity index (χ4v) is 2.96. The largest absolute Gasteiger partial charge is 0.396 e. The highest BCUT2D eigenvalue weighted by molar-refractivity contribution is 7.99. The second kappa shape index (κ2) is 8.37. The molecule has 0 aliphatic carbocycles. The molecule has 1 unspecified atom stereocenters. The van der Waals surface area contributed by atoms with Crippen molar-refractivity contribution in [1.29, 1.82) is 5.26 Å². The summed E-state index contributed by atoms with van der Waals surface area (Å²) in [6.45, 7) is 2.32. The number of nitriles is 1. The quantitative estimate of drug-likeness (QED) is 0.855. The van der Waals surface area contributed by atoms with Crippen LogP contribution in [-0.4, -0.2) is 24.2 Å². The lowest BCUT2D eigenvalue weighted by atomic mass is 10.1. The summed E-state index contributed by atoms with van der Waals surface area (Å²) in [5.41, 5.74) is 1.15. The van der Waals surface area contributed by atoms with Crippen LogP contribution in [0.15, 0.2) is 58.3 Å². The molecule has 0 aliphatic heterocycles. The van der Waals surface area contributed by atoms with Gasteiger partial charge in [0, 0.05) is 22.9 Å². The van der Waals surface area contributed by atoms with Crippen molar-refractivity contribution in [1.82, 2.24) is 5.32 Å². The third-order valence-corrected chi connectivity index (χ3v) is 4.43. The summed E-state index contributed by atoms with van der Waals surface area (Å²) in [6.07, 6.45) is 0. The van der Waals surface area contributed by atoms with Crippen LogP contribution in [0.25, 0.3) is 0 Å². The van der Waals surface area contributed by atoms with Gasteiger partial charge in [0.15, 0.2) is 0 Å². The lowest BCUT2D eigenvalue weighted by molar-refractivity contribution is 0.0939. The van der Waals surface area contributed by atoms with E-state index in [0.29, 0.717) is 17.7 Å². The summed E-state index contributed by atoms with van der Waals surface area (Å²) in [4.78, 5) is 14.0. The molecule has 118 valence electrons. The first-order valence-corrected chi connectivity index (χ1v) is 8.12. The van der Waals surface area contributed by atoms with Crippen molar-refractivity contribution in [2.75, 3.05) is 13.2 Å². The molecule has 0 spiro atoms. The summed E-state index contributed by atoms with van der Waals surface area (Å²) in [5.74, 6) is -0.166. The standard InChI is InChI=1S/C18H18N2O2S/c1-13(12-21)11-20-18(22)15-7-3-5-9-17(15)23-16-8-4-2-6-14(16)10-19/h2-9,13,21H,11-12H2,1H3,(H,20,22). The van der Waals surface area contributed by atoms with Gasteiger partial charge in [-0.15, -0.1) is 0 Å². The number of nitrogens with zero attached hydrogens (tertiary/aromatic N) is 1. The average Bonchev–Trinajstić information content (AvgIpc) is 2.60. The first kappa shape index (κ1) is 17.1. The Morgan fingerprint density at radius 1 is 1.22 bits per heavy atom. The van der Waals surface area contributed by atoms with Crippen LogP contribution in [0, 0.1) is 17.2 Å². The topological polar surface area (TPSA) is 73.1 Å². The van der Waals surface area contributed by atoms with E-state index in [1.165, 1.54) is 11.8 Å². The molecule has 1 amide bonds. The summed E-state index contributed by atoms with van der Waals surface area (Å²) < 4.78 is 0. The van der Waals surface area contributed by atoms with Gasteiger partial charge in [-0.3, -0.25) is 4.79 Å². The number of hydrogen-bond acceptors (Lipinski definition) is 4. The van der Waals surface area contributed by atoms with Gasteiger partial charge < -0.3 is 10.4 Å². The highest BCUT2D eigenvalue weighted by atomic mass is 32.2. The summed E-state index contributed by atoms with van der Waals surface area (Å²) in [6, 6.07) is 16.8. The van der Waals surface area contributed by atoms with Crippen LogP contribution in [0.2, 0.25) is 0 Å². The molecule has 2 aromatic carbocycles. The van der Waals surface area contributed by atoms with E-state index in [1.54, 1.807) is 12.1 Å². The molecule has 0 fully saturated rings. The van der Waals surface area contributed by atoms with Crippen molar-refractivity contribution in [3.05, 3.63) is 59.7 Å². The highest BCUT2D eigenvalue weighted by Gasteiger charge is 2.14. The maximum absolute atomic E-state index is 12.4. The van der Waals surface area contributed by atoms with Gasteiger partial charge in [0.1, 0.15) is 6.07 Å². The molecule has 0 heterocycles. The van der Waals surface area contributed by atoms with Crippen LogP contribution in [0.1, 0.15) is 22.8 Å². The number of aliphatic hydroxyl groups is 1. The Kier molecular flexibility index (Phi) is 6.21. The number of rotatable bonds is 6. The van der Waals surface area contributed by atoms with Crippen molar-refractivity contribution >= 4 is 17.7 Å². The zero-order valence-corrected chi connectivity index (χ0v) is 13.6. The average molecular weight is 326 g/mol. The molecule has 23 heavy (non-hydrogen) atoms. The molecule has 0 saturated heterocycles. The van der Waals surface area contributed by atoms with E-state index in [1.807, 2.05) is 43.3 Å². The number of hydrogen-bond donors (Lipinski definition) is 2. The smallest absolute Gasteiger partial charge is 0.252 e. The fraction of sp³-hybridized carbons (Fsp3) is 0.222. The van der Waals surface area contributed by atoms with Crippen molar-refractivity contribution < 1.29 is 9.90 Å². The van der Waals surface area contributed by atoms with E-state index < -0.39 is 0 Å².